The third-order valence-corrected chi connectivity index (χ3v) is 4.40. The van der Waals surface area contributed by atoms with Crippen molar-refractivity contribution < 1.29 is 19.0 Å². The molecular weight excluding hydrogens is 376 g/mol. The Kier molecular flexibility index (Phi) is 4.77. The number of halogens is 1. The highest BCUT2D eigenvalue weighted by Gasteiger charge is 2.45. The molecule has 0 spiro atoms. The van der Waals surface area contributed by atoms with E-state index in [1.54, 1.807) is 26.0 Å². The molecule has 26 heavy (non-hydrogen) atoms. The molecule has 0 N–H and O–H groups in total. The number of esters is 1. The van der Waals surface area contributed by atoms with Crippen molar-refractivity contribution in [3.63, 3.8) is 0 Å². The minimum absolute atomic E-state index is 0.105. The van der Waals surface area contributed by atoms with E-state index >= 15 is 0 Å². The van der Waals surface area contributed by atoms with Gasteiger partial charge in [-0.05, 0) is 39.0 Å². The highest BCUT2D eigenvalue weighted by molar-refractivity contribution is 7.79. The first kappa shape index (κ1) is 18.4. The van der Waals surface area contributed by atoms with E-state index in [1.807, 2.05) is 25.1 Å². The molecule has 0 saturated carbocycles. The van der Waals surface area contributed by atoms with Crippen LogP contribution in [-0.4, -0.2) is 33.7 Å². The molecular formula is C18H17ClN2O4S. The van der Waals surface area contributed by atoms with Crippen LogP contribution in [0.2, 0.25) is 5.02 Å². The van der Waals surface area contributed by atoms with Gasteiger partial charge in [0.25, 0.3) is 0 Å². The molecule has 136 valence electrons. The van der Waals surface area contributed by atoms with Crippen molar-refractivity contribution >= 4 is 40.7 Å². The molecule has 1 aromatic carbocycles. The molecule has 1 aromatic heterocycles. The Labute approximate surface area is 161 Å². The summed E-state index contributed by atoms with van der Waals surface area (Å²) in [4.78, 5) is 12.5. The third kappa shape index (κ3) is 3.32. The highest BCUT2D eigenvalue weighted by Crippen LogP contribution is 2.37. The summed E-state index contributed by atoms with van der Waals surface area (Å²) in [5, 5.41) is 5.07. The second-order valence-electron chi connectivity index (χ2n) is 6.22. The lowest BCUT2D eigenvalue weighted by molar-refractivity contribution is -0.144. The van der Waals surface area contributed by atoms with Gasteiger partial charge in [-0.3, -0.25) is 0 Å². The zero-order chi connectivity index (χ0) is 19.1. The summed E-state index contributed by atoms with van der Waals surface area (Å²) in [5.74, 6) is -0.291. The number of rotatable bonds is 3. The van der Waals surface area contributed by atoms with E-state index in [0.717, 1.165) is 11.3 Å². The number of cyclic esters (lactones) is 1. The van der Waals surface area contributed by atoms with Crippen molar-refractivity contribution in [3.05, 3.63) is 46.8 Å². The summed E-state index contributed by atoms with van der Waals surface area (Å²) < 4.78 is 17.4. The molecule has 0 amide bonds. The summed E-state index contributed by atoms with van der Waals surface area (Å²) >= 11 is 10.9. The minimum Gasteiger partial charge on any atom is -0.460 e. The van der Waals surface area contributed by atoms with Gasteiger partial charge in [0.1, 0.15) is 0 Å². The number of thiocarbonyl (C=S) groups is 1. The lowest BCUT2D eigenvalue weighted by atomic mass is 10.1. The van der Waals surface area contributed by atoms with Crippen LogP contribution in [0.15, 0.2) is 36.1 Å². The van der Waals surface area contributed by atoms with Gasteiger partial charge < -0.3 is 14.2 Å². The zero-order valence-corrected chi connectivity index (χ0v) is 16.3. The number of hydrogen-bond acceptors (Lipinski definition) is 6. The summed E-state index contributed by atoms with van der Waals surface area (Å²) in [6, 6.07) is 9.14. The average molecular weight is 393 g/mol. The molecule has 2 heterocycles. The van der Waals surface area contributed by atoms with Crippen LogP contribution in [0.1, 0.15) is 19.5 Å². The number of methoxy groups -OCH3 is 1. The maximum absolute atomic E-state index is 12.5. The van der Waals surface area contributed by atoms with Gasteiger partial charge in [0.15, 0.2) is 17.1 Å². The Morgan fingerprint density at radius 2 is 1.96 bits per heavy atom. The van der Waals surface area contributed by atoms with Crippen LogP contribution in [0, 0.1) is 6.92 Å². The molecule has 0 atom stereocenters. The Morgan fingerprint density at radius 1 is 1.31 bits per heavy atom. The van der Waals surface area contributed by atoms with Gasteiger partial charge >= 0.3 is 11.2 Å². The summed E-state index contributed by atoms with van der Waals surface area (Å²) in [7, 11) is 1.39. The number of benzene rings is 1. The van der Waals surface area contributed by atoms with Crippen molar-refractivity contribution in [2.24, 2.45) is 0 Å². The lowest BCUT2D eigenvalue weighted by Crippen LogP contribution is -2.26. The predicted molar refractivity (Wildman–Crippen MR) is 101 cm³/mol. The summed E-state index contributed by atoms with van der Waals surface area (Å²) in [5.41, 5.74) is 1.49. The molecule has 0 unspecified atom stereocenters. The molecule has 0 fully saturated rings. The van der Waals surface area contributed by atoms with Crippen LogP contribution >= 0.6 is 23.8 Å². The fraction of sp³-hybridized carbons (Fsp3) is 0.278. The average Bonchev–Trinajstić information content (AvgIpc) is 3.05. The SMILES string of the molecule is COC(=S)OC1=C(n2nc(-c3ccc(Cl)cc3)cc2C)C(=O)OC1(C)C. The van der Waals surface area contributed by atoms with Gasteiger partial charge in [0.2, 0.25) is 0 Å². The van der Waals surface area contributed by atoms with Crippen LogP contribution in [0.4, 0.5) is 0 Å². The summed E-state index contributed by atoms with van der Waals surface area (Å²) in [6.07, 6.45) is 0. The molecule has 6 nitrogen and oxygen atoms in total. The Hall–Kier alpha value is -2.38. The maximum atomic E-state index is 12.5. The molecule has 0 bridgehead atoms. The quantitative estimate of drug-likeness (QED) is 0.582. The standard InChI is InChI=1S/C18H17ClN2O4S/c1-10-9-13(11-5-7-12(19)8-6-11)20-21(10)14-15(24-17(26)23-4)18(2,3)25-16(14)22/h5-9H,1-4H3. The normalized spacial score (nSPS) is 15.8. The number of hydrogen-bond donors (Lipinski definition) is 0. The van der Waals surface area contributed by atoms with Gasteiger partial charge in [-0.1, -0.05) is 23.7 Å². The topological polar surface area (TPSA) is 62.6 Å². The van der Waals surface area contributed by atoms with Crippen LogP contribution in [0.5, 0.6) is 0 Å². The van der Waals surface area contributed by atoms with Crippen LogP contribution in [-0.2, 0) is 19.0 Å². The molecule has 0 radical (unpaired) electrons. The van der Waals surface area contributed by atoms with Crippen molar-refractivity contribution in [1.82, 2.24) is 9.78 Å². The number of nitrogens with zero attached hydrogens (tertiary/aromatic N) is 2. The fourth-order valence-corrected chi connectivity index (χ4v) is 2.86. The third-order valence-electron chi connectivity index (χ3n) is 3.89. The highest BCUT2D eigenvalue weighted by atomic mass is 35.5. The van der Waals surface area contributed by atoms with Gasteiger partial charge in [0, 0.05) is 28.5 Å². The Bertz CT molecular complexity index is 916. The zero-order valence-electron chi connectivity index (χ0n) is 14.7. The van der Waals surface area contributed by atoms with E-state index in [-0.39, 0.29) is 16.7 Å². The second-order valence-corrected chi connectivity index (χ2v) is 6.99. The fourth-order valence-electron chi connectivity index (χ4n) is 2.65. The number of ether oxygens (including phenoxy) is 3. The van der Waals surface area contributed by atoms with Crippen molar-refractivity contribution in [2.75, 3.05) is 7.11 Å². The van der Waals surface area contributed by atoms with E-state index in [2.05, 4.69) is 5.10 Å². The number of carbonyl (C=O) groups excluding carboxylic acids is 1. The van der Waals surface area contributed by atoms with E-state index in [1.165, 1.54) is 11.8 Å². The Balaban J connectivity index is 2.11. The minimum atomic E-state index is -0.992. The molecule has 1 aliphatic heterocycles. The molecule has 3 rings (SSSR count). The first-order chi connectivity index (χ1) is 12.2. The van der Waals surface area contributed by atoms with Crippen molar-refractivity contribution in [3.8, 4) is 11.3 Å². The summed E-state index contributed by atoms with van der Waals surface area (Å²) in [6.45, 7) is 5.26. The van der Waals surface area contributed by atoms with Gasteiger partial charge in [-0.15, -0.1) is 0 Å². The smallest absolute Gasteiger partial charge is 0.361 e. The van der Waals surface area contributed by atoms with Crippen LogP contribution in [0.3, 0.4) is 0 Å². The number of aryl methyl sites for hydroxylation is 1. The Morgan fingerprint density at radius 3 is 2.58 bits per heavy atom. The van der Waals surface area contributed by atoms with Crippen LogP contribution < -0.4 is 0 Å². The molecule has 0 saturated heterocycles. The van der Waals surface area contributed by atoms with Crippen molar-refractivity contribution in [2.45, 2.75) is 26.4 Å². The van der Waals surface area contributed by atoms with E-state index in [9.17, 15) is 4.79 Å². The lowest BCUT2D eigenvalue weighted by Gasteiger charge is -2.20. The van der Waals surface area contributed by atoms with Crippen LogP contribution in [0.25, 0.3) is 17.0 Å². The second kappa shape index (κ2) is 6.74. The molecule has 2 aromatic rings. The van der Waals surface area contributed by atoms with Gasteiger partial charge in [-0.2, -0.15) is 5.10 Å². The van der Waals surface area contributed by atoms with Gasteiger partial charge in [0.05, 0.1) is 12.8 Å². The molecule has 0 aliphatic carbocycles. The van der Waals surface area contributed by atoms with Gasteiger partial charge in [-0.25, -0.2) is 9.48 Å². The van der Waals surface area contributed by atoms with E-state index < -0.39 is 11.6 Å². The first-order valence-electron chi connectivity index (χ1n) is 7.80. The van der Waals surface area contributed by atoms with E-state index in [4.69, 9.17) is 38.0 Å². The van der Waals surface area contributed by atoms with Crippen molar-refractivity contribution in [1.29, 1.82) is 0 Å². The molecule has 8 heteroatoms. The molecule has 1 aliphatic rings. The first-order valence-corrected chi connectivity index (χ1v) is 8.58. The predicted octanol–water partition coefficient (Wildman–Crippen LogP) is 3.96. The largest absolute Gasteiger partial charge is 0.460 e. The van der Waals surface area contributed by atoms with E-state index in [0.29, 0.717) is 10.7 Å². The maximum Gasteiger partial charge on any atom is 0.361 e. The monoisotopic (exact) mass is 392 g/mol. The number of aromatic nitrogens is 2. The number of carbonyl (C=O) groups is 1.